The first kappa shape index (κ1) is 20.4. The lowest BCUT2D eigenvalue weighted by molar-refractivity contribution is 0.435. The first-order chi connectivity index (χ1) is 13.5. The Kier molecular flexibility index (Phi) is 6.07. The highest BCUT2D eigenvalue weighted by Gasteiger charge is 2.28. The quantitative estimate of drug-likeness (QED) is 0.549. The first-order valence-electron chi connectivity index (χ1n) is 9.24. The summed E-state index contributed by atoms with van der Waals surface area (Å²) in [5, 5.41) is 4.03. The molecule has 0 radical (unpaired) electrons. The minimum Gasteiger partial charge on any atom is -0.356 e. The molecule has 0 saturated carbocycles. The normalized spacial score (nSPS) is 14.9. The third-order valence-corrected chi connectivity index (χ3v) is 4.97. The van der Waals surface area contributed by atoms with Crippen LogP contribution in [0.4, 0.5) is 19.0 Å². The van der Waals surface area contributed by atoms with Gasteiger partial charge in [-0.15, -0.1) is 0 Å². The number of aromatic nitrogens is 4. The average Bonchev–Trinajstić information content (AvgIpc) is 3.11. The lowest BCUT2D eigenvalue weighted by Gasteiger charge is -2.33. The van der Waals surface area contributed by atoms with Crippen LogP contribution in [-0.4, -0.2) is 32.7 Å². The number of hydrogen-bond donors (Lipinski definition) is 0. The van der Waals surface area contributed by atoms with E-state index in [1.807, 2.05) is 18.7 Å². The van der Waals surface area contributed by atoms with Crippen molar-refractivity contribution in [3.63, 3.8) is 0 Å². The Morgan fingerprint density at radius 1 is 1.04 bits per heavy atom. The van der Waals surface area contributed by atoms with E-state index in [9.17, 15) is 13.2 Å². The predicted molar refractivity (Wildman–Crippen MR) is 103 cm³/mol. The van der Waals surface area contributed by atoms with Crippen LogP contribution in [0.2, 0.25) is 5.15 Å². The topological polar surface area (TPSA) is 46.3 Å². The van der Waals surface area contributed by atoms with Crippen LogP contribution in [0.1, 0.15) is 33.6 Å². The SMILES string of the molecule is CC.CC1CCN(c2c(-c3c(F)cc(F)cc3F)c(Cl)nc3ncnn23)CC1. The van der Waals surface area contributed by atoms with Crippen LogP contribution in [0.15, 0.2) is 18.5 Å². The highest BCUT2D eigenvalue weighted by Crippen LogP contribution is 2.40. The monoisotopic (exact) mass is 411 g/mol. The van der Waals surface area contributed by atoms with Crippen molar-refractivity contribution in [2.75, 3.05) is 18.0 Å². The fourth-order valence-electron chi connectivity index (χ4n) is 3.31. The van der Waals surface area contributed by atoms with Gasteiger partial charge in [-0.25, -0.2) is 13.2 Å². The third-order valence-electron chi connectivity index (χ3n) is 4.70. The minimum atomic E-state index is -1.04. The van der Waals surface area contributed by atoms with E-state index in [1.54, 1.807) is 0 Å². The molecule has 0 amide bonds. The summed E-state index contributed by atoms with van der Waals surface area (Å²) in [6, 6.07) is 1.25. The molecule has 28 heavy (non-hydrogen) atoms. The van der Waals surface area contributed by atoms with Crippen molar-refractivity contribution < 1.29 is 13.2 Å². The maximum Gasteiger partial charge on any atom is 0.255 e. The Balaban J connectivity index is 0.00000109. The number of rotatable bonds is 2. The molecule has 1 saturated heterocycles. The van der Waals surface area contributed by atoms with Crippen LogP contribution >= 0.6 is 11.6 Å². The standard InChI is InChI=1S/C17H15ClF3N5.C2H6/c1-9-2-4-25(5-3-9)16-14(13-11(20)6-10(19)7-12(13)21)15(18)24-17-22-8-23-26(16)17;1-2/h6-9H,2-5H2,1H3;1-2H3. The molecule has 1 aromatic carbocycles. The summed E-state index contributed by atoms with van der Waals surface area (Å²) in [6.07, 6.45) is 3.14. The number of piperidine rings is 1. The second-order valence-electron chi connectivity index (χ2n) is 6.49. The summed E-state index contributed by atoms with van der Waals surface area (Å²) in [5.74, 6) is -1.89. The van der Waals surface area contributed by atoms with Crippen LogP contribution in [0.5, 0.6) is 0 Å². The predicted octanol–water partition coefficient (Wildman–Crippen LogP) is 5.12. The van der Waals surface area contributed by atoms with Gasteiger partial charge in [0.1, 0.15) is 34.7 Å². The first-order valence-corrected chi connectivity index (χ1v) is 9.62. The smallest absolute Gasteiger partial charge is 0.255 e. The molecule has 5 nitrogen and oxygen atoms in total. The van der Waals surface area contributed by atoms with Crippen LogP contribution in [0, 0.1) is 23.4 Å². The van der Waals surface area contributed by atoms with E-state index in [0.29, 0.717) is 37.0 Å². The average molecular weight is 412 g/mol. The highest BCUT2D eigenvalue weighted by molar-refractivity contribution is 6.33. The second kappa shape index (κ2) is 8.34. The minimum absolute atomic E-state index is 0.0502. The van der Waals surface area contributed by atoms with Gasteiger partial charge in [0.15, 0.2) is 0 Å². The molecule has 9 heteroatoms. The van der Waals surface area contributed by atoms with Crippen LogP contribution in [0.25, 0.3) is 16.9 Å². The molecule has 2 aromatic heterocycles. The fraction of sp³-hybridized carbons (Fsp3) is 0.421. The molecule has 0 aliphatic carbocycles. The zero-order chi connectivity index (χ0) is 20.4. The Morgan fingerprint density at radius 3 is 2.25 bits per heavy atom. The summed E-state index contributed by atoms with van der Waals surface area (Å²) in [7, 11) is 0. The number of halogens is 4. The Hall–Kier alpha value is -2.35. The molecule has 0 bridgehead atoms. The molecule has 0 atom stereocenters. The molecule has 0 unspecified atom stereocenters. The molecule has 3 heterocycles. The molecule has 150 valence electrons. The van der Waals surface area contributed by atoms with Gasteiger partial charge < -0.3 is 4.90 Å². The Bertz CT molecular complexity index is 960. The summed E-state index contributed by atoms with van der Waals surface area (Å²) in [4.78, 5) is 10.1. The van der Waals surface area contributed by atoms with E-state index < -0.39 is 23.0 Å². The van der Waals surface area contributed by atoms with Crippen molar-refractivity contribution in [1.29, 1.82) is 0 Å². The molecule has 1 fully saturated rings. The van der Waals surface area contributed by atoms with E-state index in [4.69, 9.17) is 11.6 Å². The van der Waals surface area contributed by atoms with Crippen molar-refractivity contribution >= 4 is 23.2 Å². The maximum absolute atomic E-state index is 14.5. The Morgan fingerprint density at radius 2 is 1.64 bits per heavy atom. The van der Waals surface area contributed by atoms with Crippen molar-refractivity contribution in [1.82, 2.24) is 19.6 Å². The number of anilines is 1. The molecule has 3 aromatic rings. The van der Waals surface area contributed by atoms with E-state index in [0.717, 1.165) is 12.8 Å². The lowest BCUT2D eigenvalue weighted by atomic mass is 9.98. The molecule has 1 aliphatic rings. The van der Waals surface area contributed by atoms with Gasteiger partial charge in [-0.3, -0.25) is 0 Å². The number of fused-ring (bicyclic) bond motifs is 1. The zero-order valence-electron chi connectivity index (χ0n) is 15.9. The summed E-state index contributed by atoms with van der Waals surface area (Å²) in [5.41, 5.74) is -0.371. The van der Waals surface area contributed by atoms with Crippen molar-refractivity contribution in [2.24, 2.45) is 5.92 Å². The molecular formula is C19H21ClF3N5. The second-order valence-corrected chi connectivity index (χ2v) is 6.85. The van der Waals surface area contributed by atoms with Gasteiger partial charge in [-0.1, -0.05) is 32.4 Å². The molecule has 1 aliphatic heterocycles. The zero-order valence-corrected chi connectivity index (χ0v) is 16.6. The Labute approximate surface area is 166 Å². The fourth-order valence-corrected chi connectivity index (χ4v) is 3.57. The van der Waals surface area contributed by atoms with Crippen LogP contribution < -0.4 is 4.90 Å². The summed E-state index contributed by atoms with van der Waals surface area (Å²) in [6.45, 7) is 7.50. The van der Waals surface area contributed by atoms with E-state index in [2.05, 4.69) is 22.0 Å². The maximum atomic E-state index is 14.5. The van der Waals surface area contributed by atoms with E-state index in [1.165, 1.54) is 10.8 Å². The van der Waals surface area contributed by atoms with E-state index >= 15 is 0 Å². The van der Waals surface area contributed by atoms with Gasteiger partial charge >= 0.3 is 0 Å². The van der Waals surface area contributed by atoms with Gasteiger partial charge in [0.2, 0.25) is 0 Å². The number of benzene rings is 1. The van der Waals surface area contributed by atoms with Gasteiger partial charge in [-0.05, 0) is 18.8 Å². The molecule has 0 spiro atoms. The van der Waals surface area contributed by atoms with Crippen molar-refractivity contribution in [3.05, 3.63) is 41.1 Å². The van der Waals surface area contributed by atoms with Crippen LogP contribution in [-0.2, 0) is 0 Å². The number of hydrogen-bond acceptors (Lipinski definition) is 4. The third kappa shape index (κ3) is 3.65. The molecule has 0 N–H and O–H groups in total. The van der Waals surface area contributed by atoms with Crippen molar-refractivity contribution in [3.8, 4) is 11.1 Å². The highest BCUT2D eigenvalue weighted by atomic mass is 35.5. The lowest BCUT2D eigenvalue weighted by Crippen LogP contribution is -2.35. The van der Waals surface area contributed by atoms with Crippen molar-refractivity contribution in [2.45, 2.75) is 33.6 Å². The van der Waals surface area contributed by atoms with E-state index in [-0.39, 0.29) is 16.5 Å². The van der Waals surface area contributed by atoms with Gasteiger partial charge in [0.05, 0.1) is 11.1 Å². The van der Waals surface area contributed by atoms with Gasteiger partial charge in [-0.2, -0.15) is 19.6 Å². The molecule has 4 rings (SSSR count). The largest absolute Gasteiger partial charge is 0.356 e. The summed E-state index contributed by atoms with van der Waals surface area (Å²) < 4.78 is 43.7. The van der Waals surface area contributed by atoms with Gasteiger partial charge in [0, 0.05) is 25.2 Å². The molecular weight excluding hydrogens is 391 g/mol. The van der Waals surface area contributed by atoms with Gasteiger partial charge in [0.25, 0.3) is 5.78 Å². The van der Waals surface area contributed by atoms with Crippen LogP contribution in [0.3, 0.4) is 0 Å². The number of nitrogens with zero attached hydrogens (tertiary/aromatic N) is 5. The summed E-state index contributed by atoms with van der Waals surface area (Å²) >= 11 is 6.29.